The topological polar surface area (TPSA) is 59.8 Å². The fraction of sp³-hybridized carbons (Fsp3) is 0.500. The van der Waals surface area contributed by atoms with E-state index in [9.17, 15) is 4.79 Å². The fourth-order valence-electron chi connectivity index (χ4n) is 2.51. The predicted molar refractivity (Wildman–Crippen MR) is 96.6 cm³/mol. The van der Waals surface area contributed by atoms with Crippen LogP contribution in [0.2, 0.25) is 0 Å². The lowest BCUT2D eigenvalue weighted by Crippen LogP contribution is -2.26. The van der Waals surface area contributed by atoms with Gasteiger partial charge in [-0.05, 0) is 31.4 Å². The van der Waals surface area contributed by atoms with Gasteiger partial charge >= 0.3 is 0 Å². The Morgan fingerprint density at radius 2 is 2.08 bits per heavy atom. The molecule has 1 saturated carbocycles. The fourth-order valence-corrected chi connectivity index (χ4v) is 3.17. The first-order valence-electron chi connectivity index (χ1n) is 8.70. The largest absolute Gasteiger partial charge is 0.355 e. The molecular weight excluding hydrogens is 320 g/mol. The second-order valence-electron chi connectivity index (χ2n) is 6.12. The molecule has 5 nitrogen and oxygen atoms in total. The van der Waals surface area contributed by atoms with E-state index < -0.39 is 0 Å². The second kappa shape index (κ2) is 8.33. The highest BCUT2D eigenvalue weighted by Crippen LogP contribution is 2.40. The molecule has 2 aromatic rings. The molecule has 0 saturated heterocycles. The van der Waals surface area contributed by atoms with Crippen molar-refractivity contribution in [2.24, 2.45) is 0 Å². The van der Waals surface area contributed by atoms with E-state index in [0.29, 0.717) is 16.8 Å². The van der Waals surface area contributed by atoms with Gasteiger partial charge in [0, 0.05) is 12.5 Å². The molecule has 1 N–H and O–H groups in total. The summed E-state index contributed by atoms with van der Waals surface area (Å²) in [7, 11) is 0. The van der Waals surface area contributed by atoms with Gasteiger partial charge in [-0.25, -0.2) is 9.67 Å². The third-order valence-electron chi connectivity index (χ3n) is 3.99. The average Bonchev–Trinajstić information content (AvgIpc) is 3.37. The summed E-state index contributed by atoms with van der Waals surface area (Å²) in [4.78, 5) is 16.6. The van der Waals surface area contributed by atoms with Gasteiger partial charge in [0.05, 0.1) is 11.4 Å². The van der Waals surface area contributed by atoms with E-state index in [1.807, 2.05) is 35.0 Å². The van der Waals surface area contributed by atoms with Crippen LogP contribution in [0.25, 0.3) is 5.69 Å². The lowest BCUT2D eigenvalue weighted by Gasteiger charge is -2.03. The third-order valence-corrected chi connectivity index (χ3v) is 4.83. The van der Waals surface area contributed by atoms with Crippen LogP contribution in [0.3, 0.4) is 0 Å². The molecule has 1 aromatic heterocycles. The molecule has 24 heavy (non-hydrogen) atoms. The van der Waals surface area contributed by atoms with Crippen molar-refractivity contribution >= 4 is 17.7 Å². The van der Waals surface area contributed by atoms with Crippen molar-refractivity contribution in [1.29, 1.82) is 0 Å². The van der Waals surface area contributed by atoms with Crippen LogP contribution in [0.4, 0.5) is 0 Å². The Hall–Kier alpha value is -1.82. The normalized spacial score (nSPS) is 13.9. The van der Waals surface area contributed by atoms with Crippen LogP contribution in [0.5, 0.6) is 0 Å². The van der Waals surface area contributed by atoms with Crippen molar-refractivity contribution in [3.8, 4) is 5.69 Å². The zero-order valence-electron chi connectivity index (χ0n) is 14.1. The van der Waals surface area contributed by atoms with Gasteiger partial charge in [0.2, 0.25) is 11.1 Å². The number of nitrogens with one attached hydrogen (secondary N) is 1. The van der Waals surface area contributed by atoms with E-state index >= 15 is 0 Å². The van der Waals surface area contributed by atoms with Crippen LogP contribution in [0.1, 0.15) is 50.8 Å². The molecule has 0 aliphatic heterocycles. The number of thioether (sulfide) groups is 1. The first kappa shape index (κ1) is 17.0. The zero-order valence-corrected chi connectivity index (χ0v) is 14.9. The predicted octanol–water partition coefficient (Wildman–Crippen LogP) is 3.54. The number of unbranched alkanes of at least 4 members (excludes halogenated alkanes) is 2. The van der Waals surface area contributed by atoms with E-state index in [0.717, 1.165) is 37.3 Å². The van der Waals surface area contributed by atoms with Gasteiger partial charge in [-0.2, -0.15) is 0 Å². The highest BCUT2D eigenvalue weighted by atomic mass is 32.2. The van der Waals surface area contributed by atoms with E-state index in [4.69, 9.17) is 0 Å². The van der Waals surface area contributed by atoms with E-state index in [1.54, 1.807) is 0 Å². The average molecular weight is 344 g/mol. The number of aromatic nitrogens is 3. The van der Waals surface area contributed by atoms with Gasteiger partial charge in [-0.15, -0.1) is 5.10 Å². The number of carbonyl (C=O) groups is 1. The molecule has 0 unspecified atom stereocenters. The van der Waals surface area contributed by atoms with Crippen LogP contribution in [-0.2, 0) is 4.79 Å². The second-order valence-corrected chi connectivity index (χ2v) is 7.06. The highest BCUT2D eigenvalue weighted by Gasteiger charge is 2.30. The van der Waals surface area contributed by atoms with Crippen LogP contribution in [0.15, 0.2) is 35.5 Å². The molecule has 0 radical (unpaired) electrons. The van der Waals surface area contributed by atoms with Crippen molar-refractivity contribution in [2.75, 3.05) is 12.3 Å². The summed E-state index contributed by atoms with van der Waals surface area (Å²) >= 11 is 1.41. The lowest BCUT2D eigenvalue weighted by atomic mass is 10.2. The van der Waals surface area contributed by atoms with Gasteiger partial charge in [0.15, 0.2) is 0 Å². The molecule has 1 aromatic carbocycles. The van der Waals surface area contributed by atoms with Crippen LogP contribution < -0.4 is 5.32 Å². The Morgan fingerprint density at radius 3 is 2.79 bits per heavy atom. The molecule has 0 atom stereocenters. The smallest absolute Gasteiger partial charge is 0.230 e. The number of carbonyl (C=O) groups excluding carboxylic acids is 1. The molecule has 128 valence electrons. The number of para-hydroxylation sites is 1. The maximum Gasteiger partial charge on any atom is 0.230 e. The molecule has 1 heterocycles. The number of amides is 1. The van der Waals surface area contributed by atoms with Crippen molar-refractivity contribution in [2.45, 2.75) is 50.1 Å². The molecule has 1 aliphatic rings. The van der Waals surface area contributed by atoms with E-state index in [1.165, 1.54) is 24.6 Å². The maximum absolute atomic E-state index is 11.9. The molecular formula is C18H24N4OS. The van der Waals surface area contributed by atoms with Gasteiger partial charge in [-0.3, -0.25) is 4.79 Å². The zero-order chi connectivity index (χ0) is 16.8. The summed E-state index contributed by atoms with van der Waals surface area (Å²) in [6.07, 6.45) is 5.71. The Labute approximate surface area is 147 Å². The monoisotopic (exact) mass is 344 g/mol. The number of rotatable bonds is 9. The Morgan fingerprint density at radius 1 is 1.29 bits per heavy atom. The quantitative estimate of drug-likeness (QED) is 0.558. The van der Waals surface area contributed by atoms with Crippen molar-refractivity contribution in [1.82, 2.24) is 20.1 Å². The Balaban J connectivity index is 1.59. The molecule has 1 amide bonds. The highest BCUT2D eigenvalue weighted by molar-refractivity contribution is 7.99. The minimum Gasteiger partial charge on any atom is -0.355 e. The van der Waals surface area contributed by atoms with Crippen LogP contribution in [0, 0.1) is 0 Å². The number of nitrogens with zero attached hydrogens (tertiary/aromatic N) is 3. The summed E-state index contributed by atoms with van der Waals surface area (Å²) in [5.41, 5.74) is 1.03. The van der Waals surface area contributed by atoms with Crippen molar-refractivity contribution < 1.29 is 4.79 Å². The van der Waals surface area contributed by atoms with Gasteiger partial charge in [0.1, 0.15) is 5.82 Å². The summed E-state index contributed by atoms with van der Waals surface area (Å²) in [5.74, 6) is 1.96. The summed E-state index contributed by atoms with van der Waals surface area (Å²) in [5, 5.41) is 8.25. The molecule has 1 fully saturated rings. The van der Waals surface area contributed by atoms with Crippen LogP contribution in [-0.4, -0.2) is 33.0 Å². The first-order chi connectivity index (χ1) is 11.8. The Kier molecular flexibility index (Phi) is 5.91. The van der Waals surface area contributed by atoms with Gasteiger partial charge in [-0.1, -0.05) is 49.7 Å². The minimum atomic E-state index is 0.0557. The van der Waals surface area contributed by atoms with E-state index in [-0.39, 0.29) is 5.91 Å². The first-order valence-corrected chi connectivity index (χ1v) is 9.68. The lowest BCUT2D eigenvalue weighted by molar-refractivity contribution is -0.118. The number of hydrogen-bond donors (Lipinski definition) is 1. The Bertz CT molecular complexity index is 667. The summed E-state index contributed by atoms with van der Waals surface area (Å²) in [6, 6.07) is 10.1. The summed E-state index contributed by atoms with van der Waals surface area (Å²) < 4.78 is 1.93. The van der Waals surface area contributed by atoms with Crippen molar-refractivity contribution in [3.63, 3.8) is 0 Å². The number of benzene rings is 1. The van der Waals surface area contributed by atoms with Crippen molar-refractivity contribution in [3.05, 3.63) is 36.2 Å². The molecule has 3 rings (SSSR count). The van der Waals surface area contributed by atoms with Crippen LogP contribution >= 0.6 is 11.8 Å². The minimum absolute atomic E-state index is 0.0557. The van der Waals surface area contributed by atoms with Gasteiger partial charge < -0.3 is 5.32 Å². The standard InChI is InChI=1S/C18H24N4OS/c1-2-3-7-12-19-16(23)13-24-18-20-17(14-10-11-14)22(21-18)15-8-5-4-6-9-15/h4-6,8-9,14H,2-3,7,10-13H2,1H3,(H,19,23). The molecule has 6 heteroatoms. The number of hydrogen-bond acceptors (Lipinski definition) is 4. The SMILES string of the molecule is CCCCCNC(=O)CSc1nc(C2CC2)n(-c2ccccc2)n1. The maximum atomic E-state index is 11.9. The molecule has 0 spiro atoms. The van der Waals surface area contributed by atoms with Gasteiger partial charge in [0.25, 0.3) is 0 Å². The molecule has 1 aliphatic carbocycles. The summed E-state index contributed by atoms with van der Waals surface area (Å²) in [6.45, 7) is 2.91. The third kappa shape index (κ3) is 4.60. The molecule has 0 bridgehead atoms. The van der Waals surface area contributed by atoms with E-state index in [2.05, 4.69) is 22.3 Å².